The van der Waals surface area contributed by atoms with Crippen molar-refractivity contribution in [3.8, 4) is 0 Å². The largest absolute Gasteiger partial charge is 0.352 e. The van der Waals surface area contributed by atoms with Crippen molar-refractivity contribution in [3.05, 3.63) is 47.0 Å². The van der Waals surface area contributed by atoms with Gasteiger partial charge in [0, 0.05) is 60.4 Å². The van der Waals surface area contributed by atoms with Gasteiger partial charge in [-0.15, -0.1) is 0 Å². The van der Waals surface area contributed by atoms with Crippen LogP contribution in [0, 0.1) is 5.92 Å². The summed E-state index contributed by atoms with van der Waals surface area (Å²) in [6.45, 7) is 5.22. The number of hydrogen-bond acceptors (Lipinski definition) is 3. The summed E-state index contributed by atoms with van der Waals surface area (Å²) in [7, 11) is 0. The van der Waals surface area contributed by atoms with E-state index in [1.54, 1.807) is 35.8 Å². The molecule has 29 heavy (non-hydrogen) atoms. The monoisotopic (exact) mass is 415 g/mol. The average Bonchev–Trinajstić information content (AvgIpc) is 3.29. The molecule has 0 spiro atoms. The minimum absolute atomic E-state index is 0.0437. The highest BCUT2D eigenvalue weighted by Gasteiger charge is 2.31. The van der Waals surface area contributed by atoms with Gasteiger partial charge in [-0.2, -0.15) is 0 Å². The molecule has 2 heterocycles. The Morgan fingerprint density at radius 2 is 1.76 bits per heavy atom. The van der Waals surface area contributed by atoms with Crippen molar-refractivity contribution in [2.45, 2.75) is 33.1 Å². The van der Waals surface area contributed by atoms with E-state index in [0.717, 1.165) is 24.3 Å². The molecule has 1 unspecified atom stereocenters. The van der Waals surface area contributed by atoms with Crippen LogP contribution in [-0.4, -0.2) is 37.4 Å². The van der Waals surface area contributed by atoms with Crippen LogP contribution < -0.4 is 15.1 Å². The summed E-state index contributed by atoms with van der Waals surface area (Å²) in [6.07, 6.45) is 5.23. The van der Waals surface area contributed by atoms with Gasteiger partial charge in [-0.25, -0.2) is 0 Å². The Balaban J connectivity index is 1.56. The first-order valence-electron chi connectivity index (χ1n) is 9.85. The number of allylic oxidation sites excluding steroid dienone is 3. The number of amides is 3. The van der Waals surface area contributed by atoms with Crippen molar-refractivity contribution in [1.82, 2.24) is 5.32 Å². The number of nitrogens with one attached hydrogen (secondary N) is 1. The van der Waals surface area contributed by atoms with Crippen molar-refractivity contribution < 1.29 is 14.4 Å². The third kappa shape index (κ3) is 5.26. The fourth-order valence-electron chi connectivity index (χ4n) is 3.59. The summed E-state index contributed by atoms with van der Waals surface area (Å²) in [5.74, 6) is 0.0862. The van der Waals surface area contributed by atoms with Crippen LogP contribution >= 0.6 is 11.6 Å². The Kier molecular flexibility index (Phi) is 6.75. The molecule has 0 saturated carbocycles. The smallest absolute Gasteiger partial charge is 0.246 e. The van der Waals surface area contributed by atoms with Crippen molar-refractivity contribution in [1.29, 1.82) is 0 Å². The molecule has 6 nitrogen and oxygen atoms in total. The van der Waals surface area contributed by atoms with Crippen LogP contribution in [0.25, 0.3) is 0 Å². The van der Waals surface area contributed by atoms with Crippen LogP contribution in [0.3, 0.4) is 0 Å². The summed E-state index contributed by atoms with van der Waals surface area (Å²) in [4.78, 5) is 40.0. The molecular formula is C22H26ClN3O3. The van der Waals surface area contributed by atoms with Gasteiger partial charge < -0.3 is 15.1 Å². The van der Waals surface area contributed by atoms with Gasteiger partial charge in [-0.05, 0) is 50.6 Å². The molecule has 2 aliphatic heterocycles. The maximum absolute atomic E-state index is 12.4. The molecule has 0 bridgehead atoms. The number of halogens is 1. The predicted octanol–water partition coefficient (Wildman–Crippen LogP) is 3.37. The first-order chi connectivity index (χ1) is 13.8. The number of anilines is 2. The predicted molar refractivity (Wildman–Crippen MR) is 115 cm³/mol. The number of hydrogen-bond donors (Lipinski definition) is 1. The van der Waals surface area contributed by atoms with Gasteiger partial charge in [0.25, 0.3) is 0 Å². The highest BCUT2D eigenvalue weighted by molar-refractivity contribution is 6.29. The Morgan fingerprint density at radius 3 is 2.34 bits per heavy atom. The second kappa shape index (κ2) is 9.27. The number of nitrogens with zero attached hydrogens (tertiary/aromatic N) is 2. The summed E-state index contributed by atoms with van der Waals surface area (Å²) < 4.78 is 0. The molecule has 0 radical (unpaired) electrons. The van der Waals surface area contributed by atoms with Crippen LogP contribution in [0.15, 0.2) is 47.0 Å². The zero-order valence-corrected chi connectivity index (χ0v) is 17.5. The molecule has 0 aromatic heterocycles. The first kappa shape index (κ1) is 21.1. The Morgan fingerprint density at radius 1 is 1.10 bits per heavy atom. The van der Waals surface area contributed by atoms with Gasteiger partial charge in [0.2, 0.25) is 17.7 Å². The van der Waals surface area contributed by atoms with Gasteiger partial charge in [0.1, 0.15) is 0 Å². The average molecular weight is 416 g/mol. The zero-order valence-electron chi connectivity index (χ0n) is 16.8. The standard InChI is InChI=1S/C22H26ClN3O3/c1-15(5-6-16(2)23)22(29)24-13-17-12-21(28)26(14-17)19-9-7-18(8-10-19)25-11-3-4-20(25)27/h5-10,17H,3-4,11-14H2,1-2H3,(H,24,29)/b15-5+,16-6+. The second-order valence-corrected chi connectivity index (χ2v) is 8.15. The molecule has 7 heteroatoms. The van der Waals surface area contributed by atoms with Crippen LogP contribution in [-0.2, 0) is 14.4 Å². The fraction of sp³-hybridized carbons (Fsp3) is 0.409. The molecule has 154 valence electrons. The lowest BCUT2D eigenvalue weighted by atomic mass is 10.1. The lowest BCUT2D eigenvalue weighted by molar-refractivity contribution is -0.119. The van der Waals surface area contributed by atoms with Crippen LogP contribution in [0.5, 0.6) is 0 Å². The topological polar surface area (TPSA) is 69.7 Å². The van der Waals surface area contributed by atoms with E-state index in [1.165, 1.54) is 0 Å². The summed E-state index contributed by atoms with van der Waals surface area (Å²) >= 11 is 5.77. The van der Waals surface area contributed by atoms with E-state index in [4.69, 9.17) is 11.6 Å². The number of carbonyl (C=O) groups is 3. The molecule has 1 atom stereocenters. The summed E-state index contributed by atoms with van der Waals surface area (Å²) in [5, 5.41) is 3.49. The molecule has 2 aliphatic rings. The molecule has 3 amide bonds. The van der Waals surface area contributed by atoms with Crippen LogP contribution in [0.1, 0.15) is 33.1 Å². The van der Waals surface area contributed by atoms with Gasteiger partial charge >= 0.3 is 0 Å². The second-order valence-electron chi connectivity index (χ2n) is 7.55. The SMILES string of the molecule is C/C(Cl)=C\C=C(/C)C(=O)NCC1CC(=O)N(c2ccc(N3CCCC3=O)cc2)C1. The summed E-state index contributed by atoms with van der Waals surface area (Å²) in [6, 6.07) is 7.55. The van der Waals surface area contributed by atoms with E-state index in [-0.39, 0.29) is 23.6 Å². The van der Waals surface area contributed by atoms with E-state index in [1.807, 2.05) is 24.3 Å². The van der Waals surface area contributed by atoms with E-state index in [9.17, 15) is 14.4 Å². The summed E-state index contributed by atoms with van der Waals surface area (Å²) in [5.41, 5.74) is 2.26. The van der Waals surface area contributed by atoms with E-state index < -0.39 is 0 Å². The van der Waals surface area contributed by atoms with Crippen LogP contribution in [0.2, 0.25) is 0 Å². The highest BCUT2D eigenvalue weighted by atomic mass is 35.5. The maximum Gasteiger partial charge on any atom is 0.246 e. The molecule has 0 aliphatic carbocycles. The Bertz CT molecular complexity index is 857. The van der Waals surface area contributed by atoms with Crippen molar-refractivity contribution in [3.63, 3.8) is 0 Å². The number of carbonyl (C=O) groups excluding carboxylic acids is 3. The molecule has 1 aromatic carbocycles. The van der Waals surface area contributed by atoms with E-state index in [2.05, 4.69) is 5.32 Å². The molecule has 2 fully saturated rings. The number of benzene rings is 1. The van der Waals surface area contributed by atoms with Crippen molar-refractivity contribution >= 4 is 40.7 Å². The van der Waals surface area contributed by atoms with Crippen LogP contribution in [0.4, 0.5) is 11.4 Å². The van der Waals surface area contributed by atoms with Gasteiger partial charge in [0.15, 0.2) is 0 Å². The molecule has 3 rings (SSSR count). The number of rotatable bonds is 6. The molecular weight excluding hydrogens is 390 g/mol. The lowest BCUT2D eigenvalue weighted by Crippen LogP contribution is -2.31. The Labute approximate surface area is 176 Å². The minimum Gasteiger partial charge on any atom is -0.352 e. The maximum atomic E-state index is 12.4. The normalized spacial score (nSPS) is 20.6. The first-order valence-corrected chi connectivity index (χ1v) is 10.2. The highest BCUT2D eigenvalue weighted by Crippen LogP contribution is 2.28. The molecule has 1 N–H and O–H groups in total. The molecule has 1 aromatic rings. The van der Waals surface area contributed by atoms with Gasteiger partial charge in [0.05, 0.1) is 0 Å². The lowest BCUT2D eigenvalue weighted by Gasteiger charge is -2.20. The fourth-order valence-corrected chi connectivity index (χ4v) is 3.66. The van der Waals surface area contributed by atoms with Gasteiger partial charge in [-0.1, -0.05) is 17.7 Å². The minimum atomic E-state index is -0.162. The third-order valence-electron chi connectivity index (χ3n) is 5.22. The van der Waals surface area contributed by atoms with E-state index >= 15 is 0 Å². The van der Waals surface area contributed by atoms with Crippen molar-refractivity contribution in [2.24, 2.45) is 5.92 Å². The quantitative estimate of drug-likeness (QED) is 0.572. The van der Waals surface area contributed by atoms with E-state index in [0.29, 0.717) is 36.5 Å². The third-order valence-corrected chi connectivity index (χ3v) is 5.35. The Hall–Kier alpha value is -2.60. The zero-order chi connectivity index (χ0) is 21.0. The van der Waals surface area contributed by atoms with Gasteiger partial charge in [-0.3, -0.25) is 14.4 Å². The van der Waals surface area contributed by atoms with Crippen molar-refractivity contribution in [2.75, 3.05) is 29.4 Å². The molecule has 2 saturated heterocycles.